The van der Waals surface area contributed by atoms with Gasteiger partial charge in [0.05, 0.1) is 12.1 Å². The SMILES string of the molecule is CCc1ccsc1CNc1nc2c(cc1C#N)CCC2. The highest BCUT2D eigenvalue weighted by atomic mass is 32.1. The zero-order valence-electron chi connectivity index (χ0n) is 11.6. The summed E-state index contributed by atoms with van der Waals surface area (Å²) < 4.78 is 0. The van der Waals surface area contributed by atoms with Crippen molar-refractivity contribution in [3.8, 4) is 6.07 Å². The average Bonchev–Trinajstić information content (AvgIpc) is 3.11. The Morgan fingerprint density at radius 3 is 3.15 bits per heavy atom. The van der Waals surface area contributed by atoms with Crippen molar-refractivity contribution in [2.75, 3.05) is 5.32 Å². The molecule has 2 heterocycles. The summed E-state index contributed by atoms with van der Waals surface area (Å²) in [4.78, 5) is 5.98. The molecule has 0 radical (unpaired) electrons. The molecule has 2 aromatic rings. The Labute approximate surface area is 123 Å². The summed E-state index contributed by atoms with van der Waals surface area (Å²) in [7, 11) is 0. The first-order chi connectivity index (χ1) is 9.81. The van der Waals surface area contributed by atoms with Crippen LogP contribution in [0.25, 0.3) is 0 Å². The number of aryl methyl sites for hydroxylation is 3. The van der Waals surface area contributed by atoms with Crippen molar-refractivity contribution in [2.24, 2.45) is 0 Å². The van der Waals surface area contributed by atoms with Crippen LogP contribution >= 0.6 is 11.3 Å². The Morgan fingerprint density at radius 2 is 2.35 bits per heavy atom. The highest BCUT2D eigenvalue weighted by Gasteiger charge is 2.16. The molecule has 0 amide bonds. The summed E-state index contributed by atoms with van der Waals surface area (Å²) in [6.45, 7) is 2.92. The summed E-state index contributed by atoms with van der Waals surface area (Å²) >= 11 is 1.76. The van der Waals surface area contributed by atoms with Gasteiger partial charge in [-0.2, -0.15) is 5.26 Å². The monoisotopic (exact) mass is 283 g/mol. The van der Waals surface area contributed by atoms with Gasteiger partial charge in [-0.25, -0.2) is 4.98 Å². The summed E-state index contributed by atoms with van der Waals surface area (Å²) in [5.41, 5.74) is 4.45. The first-order valence-corrected chi connectivity index (χ1v) is 7.91. The minimum absolute atomic E-state index is 0.667. The minimum atomic E-state index is 0.667. The Hall–Kier alpha value is -1.86. The maximum absolute atomic E-state index is 9.28. The van der Waals surface area contributed by atoms with Crippen molar-refractivity contribution in [3.63, 3.8) is 0 Å². The lowest BCUT2D eigenvalue weighted by atomic mass is 10.1. The molecule has 1 N–H and O–H groups in total. The van der Waals surface area contributed by atoms with Crippen molar-refractivity contribution < 1.29 is 0 Å². The first-order valence-electron chi connectivity index (χ1n) is 7.03. The molecule has 0 saturated heterocycles. The van der Waals surface area contributed by atoms with Crippen molar-refractivity contribution in [3.05, 3.63) is 44.8 Å². The van der Waals surface area contributed by atoms with Crippen LogP contribution in [0.15, 0.2) is 17.5 Å². The van der Waals surface area contributed by atoms with Crippen molar-refractivity contribution in [1.82, 2.24) is 4.98 Å². The lowest BCUT2D eigenvalue weighted by Gasteiger charge is -2.10. The van der Waals surface area contributed by atoms with E-state index in [1.165, 1.54) is 16.0 Å². The molecule has 1 aliphatic rings. The van der Waals surface area contributed by atoms with Crippen LogP contribution < -0.4 is 5.32 Å². The summed E-state index contributed by atoms with van der Waals surface area (Å²) in [6, 6.07) is 6.44. The molecule has 0 saturated carbocycles. The zero-order chi connectivity index (χ0) is 13.9. The van der Waals surface area contributed by atoms with E-state index in [-0.39, 0.29) is 0 Å². The number of aromatic nitrogens is 1. The van der Waals surface area contributed by atoms with Gasteiger partial charge in [0, 0.05) is 10.6 Å². The average molecular weight is 283 g/mol. The third-order valence-electron chi connectivity index (χ3n) is 3.81. The van der Waals surface area contributed by atoms with Crippen LogP contribution in [0.1, 0.15) is 40.6 Å². The van der Waals surface area contributed by atoms with Gasteiger partial charge in [-0.1, -0.05) is 6.92 Å². The largest absolute Gasteiger partial charge is 0.364 e. The van der Waals surface area contributed by atoms with E-state index in [1.54, 1.807) is 11.3 Å². The van der Waals surface area contributed by atoms with Gasteiger partial charge in [-0.15, -0.1) is 11.3 Å². The molecule has 0 unspecified atom stereocenters. The fraction of sp³-hybridized carbons (Fsp3) is 0.375. The van der Waals surface area contributed by atoms with E-state index < -0.39 is 0 Å². The van der Waals surface area contributed by atoms with Crippen LogP contribution in [-0.4, -0.2) is 4.98 Å². The number of pyridine rings is 1. The first kappa shape index (κ1) is 13.1. The number of hydrogen-bond donors (Lipinski definition) is 1. The zero-order valence-corrected chi connectivity index (χ0v) is 12.4. The van der Waals surface area contributed by atoms with Crippen LogP contribution in [-0.2, 0) is 25.8 Å². The molecular weight excluding hydrogens is 266 g/mol. The van der Waals surface area contributed by atoms with E-state index >= 15 is 0 Å². The highest BCUT2D eigenvalue weighted by molar-refractivity contribution is 7.10. The standard InChI is InChI=1S/C16H17N3S/c1-2-11-6-7-20-15(11)10-18-16-13(9-17)8-12-4-3-5-14(12)19-16/h6-8H,2-5,10H2,1H3,(H,18,19). The van der Waals surface area contributed by atoms with Crippen LogP contribution in [0.2, 0.25) is 0 Å². The van der Waals surface area contributed by atoms with Gasteiger partial charge in [0.1, 0.15) is 11.9 Å². The summed E-state index contributed by atoms with van der Waals surface area (Å²) in [6.07, 6.45) is 4.29. The Balaban J connectivity index is 1.82. The van der Waals surface area contributed by atoms with E-state index in [9.17, 15) is 5.26 Å². The number of anilines is 1. The number of rotatable bonds is 4. The lowest BCUT2D eigenvalue weighted by molar-refractivity contribution is 0.899. The fourth-order valence-electron chi connectivity index (χ4n) is 2.69. The summed E-state index contributed by atoms with van der Waals surface area (Å²) in [5, 5.41) is 14.8. The van der Waals surface area contributed by atoms with Gasteiger partial charge >= 0.3 is 0 Å². The molecule has 4 heteroatoms. The predicted octanol–water partition coefficient (Wildman–Crippen LogP) is 3.68. The summed E-state index contributed by atoms with van der Waals surface area (Å²) in [5.74, 6) is 0.739. The second kappa shape index (κ2) is 5.64. The molecule has 3 nitrogen and oxygen atoms in total. The van der Waals surface area contributed by atoms with Gasteiger partial charge in [-0.05, 0) is 54.3 Å². The molecule has 1 aliphatic carbocycles. The van der Waals surface area contributed by atoms with E-state index in [4.69, 9.17) is 0 Å². The molecular formula is C16H17N3S. The number of nitrogens with zero attached hydrogens (tertiary/aromatic N) is 2. The van der Waals surface area contributed by atoms with Crippen LogP contribution in [0, 0.1) is 11.3 Å². The van der Waals surface area contributed by atoms with Crippen molar-refractivity contribution in [2.45, 2.75) is 39.2 Å². The van der Waals surface area contributed by atoms with E-state index in [0.717, 1.165) is 43.7 Å². The van der Waals surface area contributed by atoms with E-state index in [0.29, 0.717) is 5.56 Å². The van der Waals surface area contributed by atoms with Gasteiger partial charge in [-0.3, -0.25) is 0 Å². The molecule has 0 spiro atoms. The Kier molecular flexibility index (Phi) is 3.70. The quantitative estimate of drug-likeness (QED) is 0.931. The predicted molar refractivity (Wildman–Crippen MR) is 82.0 cm³/mol. The molecule has 2 aromatic heterocycles. The molecule has 0 aromatic carbocycles. The topological polar surface area (TPSA) is 48.7 Å². The second-order valence-electron chi connectivity index (χ2n) is 5.03. The third-order valence-corrected chi connectivity index (χ3v) is 4.77. The highest BCUT2D eigenvalue weighted by Crippen LogP contribution is 2.26. The number of fused-ring (bicyclic) bond motifs is 1. The van der Waals surface area contributed by atoms with E-state index in [1.807, 2.05) is 6.07 Å². The maximum atomic E-state index is 9.28. The normalized spacial score (nSPS) is 13.0. The van der Waals surface area contributed by atoms with Crippen molar-refractivity contribution in [1.29, 1.82) is 5.26 Å². The maximum Gasteiger partial charge on any atom is 0.144 e. The van der Waals surface area contributed by atoms with Gasteiger partial charge in [0.15, 0.2) is 0 Å². The Bertz CT molecular complexity index is 667. The molecule has 0 bridgehead atoms. The molecule has 0 fully saturated rings. The number of nitriles is 1. The molecule has 20 heavy (non-hydrogen) atoms. The van der Waals surface area contributed by atoms with E-state index in [2.05, 4.69) is 34.7 Å². The van der Waals surface area contributed by atoms with Gasteiger partial charge in [0.25, 0.3) is 0 Å². The van der Waals surface area contributed by atoms with Crippen LogP contribution in [0.4, 0.5) is 5.82 Å². The van der Waals surface area contributed by atoms with Gasteiger partial charge < -0.3 is 5.32 Å². The number of hydrogen-bond acceptors (Lipinski definition) is 4. The van der Waals surface area contributed by atoms with Crippen LogP contribution in [0.3, 0.4) is 0 Å². The molecule has 0 atom stereocenters. The Morgan fingerprint density at radius 1 is 1.45 bits per heavy atom. The molecule has 3 rings (SSSR count). The fourth-order valence-corrected chi connectivity index (χ4v) is 3.61. The van der Waals surface area contributed by atoms with Crippen molar-refractivity contribution >= 4 is 17.2 Å². The number of thiophene rings is 1. The van der Waals surface area contributed by atoms with Crippen LogP contribution in [0.5, 0.6) is 0 Å². The number of nitrogens with one attached hydrogen (secondary N) is 1. The second-order valence-corrected chi connectivity index (χ2v) is 6.03. The lowest BCUT2D eigenvalue weighted by Crippen LogP contribution is -2.05. The minimum Gasteiger partial charge on any atom is -0.364 e. The smallest absolute Gasteiger partial charge is 0.144 e. The molecule has 102 valence electrons. The molecule has 0 aliphatic heterocycles. The third kappa shape index (κ3) is 2.41. The van der Waals surface area contributed by atoms with Gasteiger partial charge in [0.2, 0.25) is 0 Å².